The maximum absolute atomic E-state index is 12.4. The van der Waals surface area contributed by atoms with Gasteiger partial charge in [-0.15, -0.1) is 0 Å². The average Bonchev–Trinajstić information content (AvgIpc) is 3.32. The lowest BCUT2D eigenvalue weighted by Gasteiger charge is -2.30. The van der Waals surface area contributed by atoms with Gasteiger partial charge in [0.05, 0.1) is 17.8 Å². The number of hydrogen-bond acceptors (Lipinski definition) is 7. The number of aryl methyl sites for hydroxylation is 1. The first-order valence-corrected chi connectivity index (χ1v) is 12.7. The van der Waals surface area contributed by atoms with E-state index >= 15 is 0 Å². The van der Waals surface area contributed by atoms with Gasteiger partial charge in [-0.2, -0.15) is 13.2 Å². The maximum atomic E-state index is 12.4. The summed E-state index contributed by atoms with van der Waals surface area (Å²) in [6.07, 6.45) is 2.74. The van der Waals surface area contributed by atoms with Crippen LogP contribution in [0.5, 0.6) is 5.19 Å². The quantitative estimate of drug-likeness (QED) is 0.588. The number of ether oxygens (including phenoxy) is 1. The third kappa shape index (κ3) is 7.43. The molecule has 188 valence electrons. The van der Waals surface area contributed by atoms with Crippen molar-refractivity contribution in [2.24, 2.45) is 5.92 Å². The van der Waals surface area contributed by atoms with Gasteiger partial charge in [-0.25, -0.2) is 4.98 Å². The molecule has 2 aromatic rings. The maximum Gasteiger partial charge on any atom is 0.422 e. The topological polar surface area (TPSA) is 80.5 Å². The highest BCUT2D eigenvalue weighted by atomic mass is 32.1. The highest BCUT2D eigenvalue weighted by molar-refractivity contribution is 7.13. The van der Waals surface area contributed by atoms with Crippen LogP contribution in [0, 0.1) is 12.8 Å². The number of alkyl halides is 3. The molecule has 0 unspecified atom stereocenters. The SMILES string of the molecule is Cc1cc(CC(=O)N[C@H]2CC[C@H](CCN3CCc4nc(OCC(F)(F)F)sc4CC3)CC2)on1. The Kier molecular flexibility index (Phi) is 8.13. The summed E-state index contributed by atoms with van der Waals surface area (Å²) in [5.41, 5.74) is 1.65. The largest absolute Gasteiger partial charge is 0.460 e. The lowest BCUT2D eigenvalue weighted by molar-refractivity contribution is -0.153. The summed E-state index contributed by atoms with van der Waals surface area (Å²) in [5, 5.41) is 7.06. The zero-order chi connectivity index (χ0) is 24.1. The zero-order valence-corrected chi connectivity index (χ0v) is 20.1. The number of aromatic nitrogens is 2. The van der Waals surface area contributed by atoms with Crippen molar-refractivity contribution in [3.05, 3.63) is 28.1 Å². The minimum atomic E-state index is -4.35. The molecule has 7 nitrogen and oxygen atoms in total. The van der Waals surface area contributed by atoms with Crippen molar-refractivity contribution in [3.8, 4) is 5.19 Å². The van der Waals surface area contributed by atoms with Gasteiger partial charge in [0.1, 0.15) is 5.76 Å². The summed E-state index contributed by atoms with van der Waals surface area (Å²) >= 11 is 1.24. The van der Waals surface area contributed by atoms with E-state index in [1.807, 2.05) is 6.92 Å². The van der Waals surface area contributed by atoms with E-state index < -0.39 is 12.8 Å². The van der Waals surface area contributed by atoms with Crippen LogP contribution in [-0.4, -0.2) is 59.4 Å². The van der Waals surface area contributed by atoms with Crippen molar-refractivity contribution in [1.29, 1.82) is 0 Å². The van der Waals surface area contributed by atoms with E-state index in [9.17, 15) is 18.0 Å². The number of thiazole rings is 1. The molecular formula is C23H31F3N4O3S. The van der Waals surface area contributed by atoms with Gasteiger partial charge in [-0.1, -0.05) is 16.5 Å². The minimum absolute atomic E-state index is 0.0165. The third-order valence-electron chi connectivity index (χ3n) is 6.51. The van der Waals surface area contributed by atoms with Gasteiger partial charge in [0, 0.05) is 36.5 Å². The van der Waals surface area contributed by atoms with Crippen LogP contribution in [0.3, 0.4) is 0 Å². The second kappa shape index (κ2) is 11.1. The van der Waals surface area contributed by atoms with Crippen LogP contribution in [-0.2, 0) is 24.1 Å². The first kappa shape index (κ1) is 25.0. The summed E-state index contributed by atoms with van der Waals surface area (Å²) in [7, 11) is 0. The minimum Gasteiger partial charge on any atom is -0.460 e. The Morgan fingerprint density at radius 2 is 2.03 bits per heavy atom. The first-order valence-electron chi connectivity index (χ1n) is 11.9. The van der Waals surface area contributed by atoms with Crippen LogP contribution < -0.4 is 10.1 Å². The fraction of sp³-hybridized carbons (Fsp3) is 0.696. The smallest absolute Gasteiger partial charge is 0.422 e. The van der Waals surface area contributed by atoms with Crippen LogP contribution in [0.1, 0.15) is 54.1 Å². The van der Waals surface area contributed by atoms with E-state index in [1.54, 1.807) is 6.07 Å². The number of hydrogen-bond donors (Lipinski definition) is 1. The van der Waals surface area contributed by atoms with Crippen molar-refractivity contribution in [3.63, 3.8) is 0 Å². The lowest BCUT2D eigenvalue weighted by Crippen LogP contribution is -2.39. The molecule has 1 aliphatic carbocycles. The first-order chi connectivity index (χ1) is 16.2. The molecule has 1 amide bonds. The fourth-order valence-electron chi connectivity index (χ4n) is 4.71. The number of halogens is 3. The predicted molar refractivity (Wildman–Crippen MR) is 121 cm³/mol. The molecule has 2 aliphatic rings. The second-order valence-electron chi connectivity index (χ2n) is 9.28. The molecule has 2 aromatic heterocycles. The number of nitrogens with zero attached hydrogens (tertiary/aromatic N) is 3. The summed E-state index contributed by atoms with van der Waals surface area (Å²) in [6.45, 7) is 3.31. The van der Waals surface area contributed by atoms with Crippen molar-refractivity contribution in [2.45, 2.75) is 70.5 Å². The molecule has 4 rings (SSSR count). The van der Waals surface area contributed by atoms with Gasteiger partial charge in [0.15, 0.2) is 6.61 Å². The summed E-state index contributed by atoms with van der Waals surface area (Å²) in [4.78, 5) is 20.0. The van der Waals surface area contributed by atoms with Crippen molar-refractivity contribution in [2.75, 3.05) is 26.2 Å². The number of nitrogens with one attached hydrogen (secondary N) is 1. The second-order valence-corrected chi connectivity index (χ2v) is 10.3. The number of rotatable bonds is 8. The Hall–Kier alpha value is -2.14. The molecule has 1 aliphatic heterocycles. The van der Waals surface area contributed by atoms with Crippen molar-refractivity contribution >= 4 is 17.2 Å². The van der Waals surface area contributed by atoms with E-state index in [-0.39, 0.29) is 23.6 Å². The Morgan fingerprint density at radius 1 is 1.26 bits per heavy atom. The molecule has 0 atom stereocenters. The number of carbonyl (C=O) groups excluding carboxylic acids is 1. The van der Waals surface area contributed by atoms with Crippen LogP contribution in [0.4, 0.5) is 13.2 Å². The average molecular weight is 501 g/mol. The molecular weight excluding hydrogens is 469 g/mol. The molecule has 0 spiro atoms. The summed E-state index contributed by atoms with van der Waals surface area (Å²) in [6, 6.07) is 2.01. The predicted octanol–water partition coefficient (Wildman–Crippen LogP) is 4.09. The van der Waals surface area contributed by atoms with Gasteiger partial charge < -0.3 is 19.5 Å². The van der Waals surface area contributed by atoms with Crippen LogP contribution in [0.2, 0.25) is 0 Å². The Balaban J connectivity index is 1.13. The van der Waals surface area contributed by atoms with Crippen LogP contribution in [0.25, 0.3) is 0 Å². The van der Waals surface area contributed by atoms with E-state index in [2.05, 4.69) is 20.4 Å². The number of fused-ring (bicyclic) bond motifs is 1. The van der Waals surface area contributed by atoms with Crippen molar-refractivity contribution < 1.29 is 27.2 Å². The highest BCUT2D eigenvalue weighted by Gasteiger charge is 2.30. The summed E-state index contributed by atoms with van der Waals surface area (Å²) < 4.78 is 47.0. The Bertz CT molecular complexity index is 928. The molecule has 0 radical (unpaired) electrons. The molecule has 0 bridgehead atoms. The molecule has 0 saturated heterocycles. The lowest BCUT2D eigenvalue weighted by atomic mass is 9.84. The molecule has 3 heterocycles. The van der Waals surface area contributed by atoms with E-state index in [0.29, 0.717) is 11.7 Å². The highest BCUT2D eigenvalue weighted by Crippen LogP contribution is 2.31. The van der Waals surface area contributed by atoms with Gasteiger partial charge in [0.25, 0.3) is 5.19 Å². The number of carbonyl (C=O) groups is 1. The normalized spacial score (nSPS) is 21.6. The van der Waals surface area contributed by atoms with E-state index in [1.165, 1.54) is 11.3 Å². The molecule has 1 saturated carbocycles. The number of amides is 1. The standard InChI is InChI=1S/C23H31F3N4O3S/c1-15-12-18(33-29-15)13-21(31)27-17-4-2-16(3-5-17)6-9-30-10-7-19-20(8-11-30)34-22(28-19)32-14-23(24,25)26/h12,16-17H,2-11,13-14H2,1H3,(H,27,31)/t16-,17-. The third-order valence-corrected chi connectivity index (χ3v) is 7.58. The fourth-order valence-corrected chi connectivity index (χ4v) is 5.66. The monoisotopic (exact) mass is 500 g/mol. The van der Waals surface area contributed by atoms with Gasteiger partial charge in [0.2, 0.25) is 5.91 Å². The van der Waals surface area contributed by atoms with E-state index in [4.69, 9.17) is 9.26 Å². The van der Waals surface area contributed by atoms with Crippen molar-refractivity contribution in [1.82, 2.24) is 20.4 Å². The molecule has 34 heavy (non-hydrogen) atoms. The Labute approximate surface area is 201 Å². The van der Waals surface area contributed by atoms with Crippen LogP contribution >= 0.6 is 11.3 Å². The molecule has 0 aromatic carbocycles. The van der Waals surface area contributed by atoms with Crippen LogP contribution in [0.15, 0.2) is 10.6 Å². The van der Waals surface area contributed by atoms with Gasteiger partial charge in [-0.3, -0.25) is 4.79 Å². The van der Waals surface area contributed by atoms with Gasteiger partial charge in [-0.05, 0) is 57.9 Å². The molecule has 11 heteroatoms. The van der Waals surface area contributed by atoms with Gasteiger partial charge >= 0.3 is 6.18 Å². The molecule has 1 fully saturated rings. The zero-order valence-electron chi connectivity index (χ0n) is 19.3. The van der Waals surface area contributed by atoms with E-state index in [0.717, 1.165) is 80.8 Å². The molecule has 1 N–H and O–H groups in total. The Morgan fingerprint density at radius 3 is 2.74 bits per heavy atom. The summed E-state index contributed by atoms with van der Waals surface area (Å²) in [5.74, 6) is 1.23.